The van der Waals surface area contributed by atoms with Crippen LogP contribution < -0.4 is 0 Å². The molecule has 0 fully saturated rings. The first-order valence-electron chi connectivity index (χ1n) is 13.0. The fraction of sp³-hybridized carbons (Fsp3) is 0.0294. The predicted molar refractivity (Wildman–Crippen MR) is 157 cm³/mol. The van der Waals surface area contributed by atoms with Crippen LogP contribution in [0.15, 0.2) is 120 Å². The van der Waals surface area contributed by atoms with Crippen LogP contribution in [0.25, 0.3) is 72.5 Å². The van der Waals surface area contributed by atoms with Crippen molar-refractivity contribution in [3.8, 4) is 28.7 Å². The van der Waals surface area contributed by atoms with Gasteiger partial charge in [0, 0.05) is 32.7 Å². The molecule has 0 aliphatic rings. The quantitative estimate of drug-likeness (QED) is 0.243. The molecule has 0 atom stereocenters. The maximum Gasteiger partial charge on any atom is 0.238 e. The zero-order valence-corrected chi connectivity index (χ0v) is 21.2. The van der Waals surface area contributed by atoms with Crippen molar-refractivity contribution in [2.24, 2.45) is 0 Å². The first-order valence-corrected chi connectivity index (χ1v) is 13.0. The first kappa shape index (κ1) is 21.8. The van der Waals surface area contributed by atoms with Crippen molar-refractivity contribution in [2.45, 2.75) is 6.92 Å². The van der Waals surface area contributed by atoms with Crippen LogP contribution in [0.4, 0.5) is 0 Å². The molecule has 5 aromatic carbocycles. The molecular formula is C34H22N4O. The smallest absolute Gasteiger partial charge is 0.238 e. The molecule has 3 heterocycles. The van der Waals surface area contributed by atoms with Gasteiger partial charge in [-0.25, -0.2) is 4.98 Å². The third kappa shape index (κ3) is 3.44. The number of furan rings is 1. The molecule has 0 N–H and O–H groups in total. The van der Waals surface area contributed by atoms with Gasteiger partial charge in [0.2, 0.25) is 5.95 Å². The SMILES string of the molecule is Cc1ccc2c(c1)oc1ccc(-c3nc(-c4ccccc4)nc(-n4c5ccccc5c5ccccc54)n3)cc12. The van der Waals surface area contributed by atoms with Gasteiger partial charge in [-0.1, -0.05) is 78.9 Å². The molecule has 0 saturated heterocycles. The van der Waals surface area contributed by atoms with Gasteiger partial charge in [0.05, 0.1) is 11.0 Å². The Labute approximate surface area is 224 Å². The van der Waals surface area contributed by atoms with E-state index in [1.165, 1.54) is 5.56 Å². The van der Waals surface area contributed by atoms with Crippen molar-refractivity contribution >= 4 is 43.7 Å². The number of hydrogen-bond acceptors (Lipinski definition) is 4. The summed E-state index contributed by atoms with van der Waals surface area (Å²) >= 11 is 0. The van der Waals surface area contributed by atoms with E-state index in [0.717, 1.165) is 54.9 Å². The predicted octanol–water partition coefficient (Wildman–Crippen LogP) is 8.51. The summed E-state index contributed by atoms with van der Waals surface area (Å²) in [4.78, 5) is 15.0. The lowest BCUT2D eigenvalue weighted by molar-refractivity contribution is 0.668. The van der Waals surface area contributed by atoms with E-state index in [1.54, 1.807) is 0 Å². The van der Waals surface area contributed by atoms with Crippen molar-refractivity contribution in [2.75, 3.05) is 0 Å². The molecule has 5 nitrogen and oxygen atoms in total. The second kappa shape index (κ2) is 8.36. The van der Waals surface area contributed by atoms with Crippen LogP contribution in [-0.2, 0) is 0 Å². The number of benzene rings is 5. The maximum absolute atomic E-state index is 6.14. The number of hydrogen-bond donors (Lipinski definition) is 0. The van der Waals surface area contributed by atoms with Gasteiger partial charge in [-0.3, -0.25) is 4.57 Å². The van der Waals surface area contributed by atoms with Crippen LogP contribution in [0, 0.1) is 6.92 Å². The molecule has 0 radical (unpaired) electrons. The number of para-hydroxylation sites is 2. The molecule has 0 aliphatic carbocycles. The van der Waals surface area contributed by atoms with Crippen molar-refractivity contribution in [1.29, 1.82) is 0 Å². The summed E-state index contributed by atoms with van der Waals surface area (Å²) in [5.41, 5.74) is 6.86. The minimum absolute atomic E-state index is 0.587. The standard InChI is InChI=1S/C34H22N4O/c1-21-15-17-26-27-20-23(16-18-30(27)39-31(26)19-21)33-35-32(22-9-3-2-4-10-22)36-34(37-33)38-28-13-7-5-11-24(28)25-12-6-8-14-29(25)38/h2-20H,1H3. The van der Waals surface area contributed by atoms with Crippen molar-refractivity contribution in [1.82, 2.24) is 19.5 Å². The highest BCUT2D eigenvalue weighted by Gasteiger charge is 2.18. The molecule has 5 heteroatoms. The second-order valence-corrected chi connectivity index (χ2v) is 9.83. The molecule has 184 valence electrons. The van der Waals surface area contributed by atoms with Crippen molar-refractivity contribution in [3.63, 3.8) is 0 Å². The van der Waals surface area contributed by atoms with E-state index >= 15 is 0 Å². The highest BCUT2D eigenvalue weighted by Crippen LogP contribution is 2.34. The Morgan fingerprint density at radius 1 is 0.513 bits per heavy atom. The summed E-state index contributed by atoms with van der Waals surface area (Å²) in [5, 5.41) is 4.45. The molecule has 39 heavy (non-hydrogen) atoms. The molecule has 0 saturated carbocycles. The van der Waals surface area contributed by atoms with E-state index in [9.17, 15) is 0 Å². The van der Waals surface area contributed by atoms with Crippen LogP contribution >= 0.6 is 0 Å². The van der Waals surface area contributed by atoms with Gasteiger partial charge in [-0.05, 0) is 48.9 Å². The lowest BCUT2D eigenvalue weighted by atomic mass is 10.1. The third-order valence-corrected chi connectivity index (χ3v) is 7.32. The van der Waals surface area contributed by atoms with Gasteiger partial charge in [-0.15, -0.1) is 0 Å². The molecular weight excluding hydrogens is 480 g/mol. The zero-order valence-electron chi connectivity index (χ0n) is 21.2. The highest BCUT2D eigenvalue weighted by atomic mass is 16.3. The van der Waals surface area contributed by atoms with Gasteiger partial charge >= 0.3 is 0 Å². The molecule has 0 unspecified atom stereocenters. The average molecular weight is 503 g/mol. The molecule has 0 aliphatic heterocycles. The van der Waals surface area contributed by atoms with Crippen LogP contribution in [0.5, 0.6) is 0 Å². The summed E-state index contributed by atoms with van der Waals surface area (Å²) in [6, 6.07) is 39.3. The fourth-order valence-corrected chi connectivity index (χ4v) is 5.47. The maximum atomic E-state index is 6.14. The van der Waals surface area contributed by atoms with Crippen molar-refractivity contribution in [3.05, 3.63) is 121 Å². The average Bonchev–Trinajstić information content (AvgIpc) is 3.52. The molecule has 3 aromatic heterocycles. The second-order valence-electron chi connectivity index (χ2n) is 9.83. The van der Waals surface area contributed by atoms with Gasteiger partial charge in [-0.2, -0.15) is 9.97 Å². The Morgan fingerprint density at radius 3 is 1.92 bits per heavy atom. The Kier molecular flexibility index (Phi) is 4.67. The monoisotopic (exact) mass is 502 g/mol. The van der Waals surface area contributed by atoms with Gasteiger partial charge in [0.1, 0.15) is 11.2 Å². The normalized spacial score (nSPS) is 11.7. The van der Waals surface area contributed by atoms with Gasteiger partial charge in [0.25, 0.3) is 0 Å². The Bertz CT molecular complexity index is 2140. The third-order valence-electron chi connectivity index (χ3n) is 7.32. The zero-order chi connectivity index (χ0) is 25.9. The highest BCUT2D eigenvalue weighted by molar-refractivity contribution is 6.09. The van der Waals surface area contributed by atoms with E-state index in [2.05, 4.69) is 84.3 Å². The van der Waals surface area contributed by atoms with Crippen LogP contribution in [0.3, 0.4) is 0 Å². The van der Waals surface area contributed by atoms with E-state index in [4.69, 9.17) is 19.4 Å². The van der Waals surface area contributed by atoms with Gasteiger partial charge < -0.3 is 4.42 Å². The summed E-state index contributed by atoms with van der Waals surface area (Å²) in [6.07, 6.45) is 0. The topological polar surface area (TPSA) is 56.7 Å². The van der Waals surface area contributed by atoms with Gasteiger partial charge in [0.15, 0.2) is 11.6 Å². The number of nitrogens with zero attached hydrogens (tertiary/aromatic N) is 4. The van der Waals surface area contributed by atoms with Crippen LogP contribution in [0.1, 0.15) is 5.56 Å². The summed E-state index contributed by atoms with van der Waals surface area (Å²) in [5.74, 6) is 1.83. The van der Waals surface area contributed by atoms with Crippen LogP contribution in [-0.4, -0.2) is 19.5 Å². The fourth-order valence-electron chi connectivity index (χ4n) is 5.47. The molecule has 8 rings (SSSR count). The van der Waals surface area contributed by atoms with E-state index in [1.807, 2.05) is 42.5 Å². The molecule has 0 amide bonds. The van der Waals surface area contributed by atoms with Crippen molar-refractivity contribution < 1.29 is 4.42 Å². The minimum Gasteiger partial charge on any atom is -0.456 e. The van der Waals surface area contributed by atoms with E-state index in [-0.39, 0.29) is 0 Å². The van der Waals surface area contributed by atoms with E-state index in [0.29, 0.717) is 17.6 Å². The summed E-state index contributed by atoms with van der Waals surface area (Å²) in [6.45, 7) is 2.07. The lowest BCUT2D eigenvalue weighted by Crippen LogP contribution is -2.06. The first-order chi connectivity index (χ1) is 19.2. The number of fused-ring (bicyclic) bond motifs is 6. The van der Waals surface area contributed by atoms with Crippen LogP contribution in [0.2, 0.25) is 0 Å². The Hall–Kier alpha value is -5.29. The Balaban J connectivity index is 1.42. The number of aromatic nitrogens is 4. The molecule has 0 bridgehead atoms. The number of rotatable bonds is 3. The lowest BCUT2D eigenvalue weighted by Gasteiger charge is -2.11. The number of aryl methyl sites for hydroxylation is 1. The largest absolute Gasteiger partial charge is 0.456 e. The molecule has 0 spiro atoms. The summed E-state index contributed by atoms with van der Waals surface area (Å²) < 4.78 is 8.27. The Morgan fingerprint density at radius 2 is 1.18 bits per heavy atom. The summed E-state index contributed by atoms with van der Waals surface area (Å²) in [7, 11) is 0. The van der Waals surface area contributed by atoms with E-state index < -0.39 is 0 Å². The minimum atomic E-state index is 0.587. The molecule has 8 aromatic rings.